The van der Waals surface area contributed by atoms with E-state index in [1.165, 1.54) is 18.2 Å². The summed E-state index contributed by atoms with van der Waals surface area (Å²) >= 11 is 0. The standard InChI is InChI=1S/C11H15NO3/c1-2-5-12-7-11(15)8-3-4-9(13)10(14)6-8/h3-4,6,12-14H,2,5,7H2,1H3. The van der Waals surface area contributed by atoms with Crippen molar-refractivity contribution >= 4 is 5.78 Å². The molecular weight excluding hydrogens is 194 g/mol. The molecule has 0 aromatic heterocycles. The third-order valence-electron chi connectivity index (χ3n) is 2.01. The van der Waals surface area contributed by atoms with Gasteiger partial charge in [0.05, 0.1) is 6.54 Å². The largest absolute Gasteiger partial charge is 0.504 e. The van der Waals surface area contributed by atoms with Gasteiger partial charge in [0.15, 0.2) is 17.3 Å². The molecule has 0 saturated carbocycles. The molecule has 1 aromatic rings. The molecule has 0 radical (unpaired) electrons. The number of aromatic hydroxyl groups is 2. The molecule has 0 atom stereocenters. The third kappa shape index (κ3) is 3.25. The lowest BCUT2D eigenvalue weighted by Crippen LogP contribution is -2.23. The van der Waals surface area contributed by atoms with E-state index < -0.39 is 0 Å². The first-order valence-corrected chi connectivity index (χ1v) is 4.91. The molecule has 0 aliphatic carbocycles. The zero-order valence-corrected chi connectivity index (χ0v) is 8.66. The summed E-state index contributed by atoms with van der Waals surface area (Å²) in [6.45, 7) is 3.05. The van der Waals surface area contributed by atoms with Crippen LogP contribution in [0.25, 0.3) is 0 Å². The Morgan fingerprint density at radius 3 is 2.67 bits per heavy atom. The maximum absolute atomic E-state index is 11.5. The summed E-state index contributed by atoms with van der Waals surface area (Å²) < 4.78 is 0. The number of rotatable bonds is 5. The molecule has 1 rings (SSSR count). The maximum Gasteiger partial charge on any atom is 0.176 e. The minimum atomic E-state index is -0.267. The van der Waals surface area contributed by atoms with Crippen molar-refractivity contribution in [2.24, 2.45) is 0 Å². The van der Waals surface area contributed by atoms with Gasteiger partial charge in [-0.25, -0.2) is 0 Å². The van der Waals surface area contributed by atoms with Crippen molar-refractivity contribution in [3.05, 3.63) is 23.8 Å². The number of benzene rings is 1. The predicted molar refractivity (Wildman–Crippen MR) is 57.3 cm³/mol. The van der Waals surface area contributed by atoms with Crippen LogP contribution in [0.2, 0.25) is 0 Å². The molecule has 0 amide bonds. The Morgan fingerprint density at radius 2 is 2.07 bits per heavy atom. The molecule has 1 aromatic carbocycles. The van der Waals surface area contributed by atoms with Crippen molar-refractivity contribution in [2.75, 3.05) is 13.1 Å². The van der Waals surface area contributed by atoms with E-state index in [9.17, 15) is 9.90 Å². The second-order valence-corrected chi connectivity index (χ2v) is 3.30. The van der Waals surface area contributed by atoms with E-state index in [2.05, 4.69) is 5.32 Å². The molecule has 4 heteroatoms. The van der Waals surface area contributed by atoms with E-state index in [-0.39, 0.29) is 23.8 Å². The Balaban J connectivity index is 2.62. The van der Waals surface area contributed by atoms with Crippen molar-refractivity contribution in [3.8, 4) is 11.5 Å². The summed E-state index contributed by atoms with van der Waals surface area (Å²) in [5.41, 5.74) is 0.397. The minimum absolute atomic E-state index is 0.0984. The van der Waals surface area contributed by atoms with Gasteiger partial charge >= 0.3 is 0 Å². The molecule has 0 aliphatic heterocycles. The number of nitrogens with one attached hydrogen (secondary N) is 1. The van der Waals surface area contributed by atoms with Crippen LogP contribution in [0.15, 0.2) is 18.2 Å². The SMILES string of the molecule is CCCNCC(=O)c1ccc(O)c(O)c1. The number of hydrogen-bond acceptors (Lipinski definition) is 4. The van der Waals surface area contributed by atoms with E-state index in [0.717, 1.165) is 13.0 Å². The molecule has 82 valence electrons. The van der Waals surface area contributed by atoms with E-state index in [0.29, 0.717) is 5.56 Å². The molecule has 0 fully saturated rings. The molecule has 0 unspecified atom stereocenters. The number of phenols is 2. The van der Waals surface area contributed by atoms with Crippen LogP contribution in [0, 0.1) is 0 Å². The van der Waals surface area contributed by atoms with Gasteiger partial charge in [-0.3, -0.25) is 4.79 Å². The molecule has 0 aliphatic rings. The highest BCUT2D eigenvalue weighted by Gasteiger charge is 2.07. The van der Waals surface area contributed by atoms with Gasteiger partial charge in [0, 0.05) is 5.56 Å². The molecule has 4 nitrogen and oxygen atoms in total. The lowest BCUT2D eigenvalue weighted by atomic mass is 10.1. The van der Waals surface area contributed by atoms with Crippen LogP contribution in [-0.2, 0) is 0 Å². The third-order valence-corrected chi connectivity index (χ3v) is 2.01. The van der Waals surface area contributed by atoms with Gasteiger partial charge in [-0.15, -0.1) is 0 Å². The van der Waals surface area contributed by atoms with Crippen molar-refractivity contribution in [3.63, 3.8) is 0 Å². The summed E-state index contributed by atoms with van der Waals surface area (Å²) in [5.74, 6) is -0.580. The Bertz CT molecular complexity index is 350. The average molecular weight is 209 g/mol. The van der Waals surface area contributed by atoms with Crippen LogP contribution in [0.5, 0.6) is 11.5 Å². The summed E-state index contributed by atoms with van der Waals surface area (Å²) in [4.78, 5) is 11.5. The van der Waals surface area contributed by atoms with Crippen molar-refractivity contribution in [1.29, 1.82) is 0 Å². The number of Topliss-reactive ketones (excluding diaryl/α,β-unsaturated/α-hetero) is 1. The van der Waals surface area contributed by atoms with Crippen LogP contribution in [-0.4, -0.2) is 29.1 Å². The Labute approximate surface area is 88.6 Å². The Morgan fingerprint density at radius 1 is 1.33 bits per heavy atom. The minimum Gasteiger partial charge on any atom is -0.504 e. The van der Waals surface area contributed by atoms with E-state index in [4.69, 9.17) is 5.11 Å². The molecule has 0 bridgehead atoms. The topological polar surface area (TPSA) is 69.6 Å². The zero-order valence-electron chi connectivity index (χ0n) is 8.66. The lowest BCUT2D eigenvalue weighted by molar-refractivity contribution is 0.0991. The molecule has 0 heterocycles. The second-order valence-electron chi connectivity index (χ2n) is 3.30. The van der Waals surface area contributed by atoms with Gasteiger partial charge < -0.3 is 15.5 Å². The van der Waals surface area contributed by atoms with Crippen molar-refractivity contribution in [2.45, 2.75) is 13.3 Å². The monoisotopic (exact) mass is 209 g/mol. The first kappa shape index (κ1) is 11.5. The van der Waals surface area contributed by atoms with E-state index in [1.54, 1.807) is 0 Å². The normalized spacial score (nSPS) is 10.2. The van der Waals surface area contributed by atoms with Crippen molar-refractivity contribution in [1.82, 2.24) is 5.32 Å². The zero-order chi connectivity index (χ0) is 11.3. The van der Waals surface area contributed by atoms with Crippen molar-refractivity contribution < 1.29 is 15.0 Å². The lowest BCUT2D eigenvalue weighted by Gasteiger charge is -2.04. The highest BCUT2D eigenvalue weighted by Crippen LogP contribution is 2.24. The molecule has 0 saturated heterocycles. The van der Waals surface area contributed by atoms with Crippen LogP contribution >= 0.6 is 0 Å². The fourth-order valence-electron chi connectivity index (χ4n) is 1.18. The van der Waals surface area contributed by atoms with Gasteiger partial charge in [-0.05, 0) is 31.2 Å². The number of hydrogen-bond donors (Lipinski definition) is 3. The van der Waals surface area contributed by atoms with E-state index >= 15 is 0 Å². The first-order chi connectivity index (χ1) is 7.15. The number of ketones is 1. The molecular formula is C11H15NO3. The van der Waals surface area contributed by atoms with Gasteiger partial charge in [0.25, 0.3) is 0 Å². The van der Waals surface area contributed by atoms with Gasteiger partial charge in [0.1, 0.15) is 0 Å². The summed E-state index contributed by atoms with van der Waals surface area (Å²) in [6.07, 6.45) is 0.966. The highest BCUT2D eigenvalue weighted by molar-refractivity contribution is 5.98. The molecule has 0 spiro atoms. The van der Waals surface area contributed by atoms with Gasteiger partial charge in [-0.2, -0.15) is 0 Å². The summed E-state index contributed by atoms with van der Waals surface area (Å²) in [7, 11) is 0. The second kappa shape index (κ2) is 5.36. The van der Waals surface area contributed by atoms with Crippen LogP contribution in [0.4, 0.5) is 0 Å². The maximum atomic E-state index is 11.5. The average Bonchev–Trinajstić information content (AvgIpc) is 2.22. The quantitative estimate of drug-likeness (QED) is 0.388. The number of carbonyl (C=O) groups excluding carboxylic acids is 1. The summed E-state index contributed by atoms with van der Waals surface area (Å²) in [5, 5.41) is 21.2. The summed E-state index contributed by atoms with van der Waals surface area (Å²) in [6, 6.07) is 4.07. The highest BCUT2D eigenvalue weighted by atomic mass is 16.3. The fraction of sp³-hybridized carbons (Fsp3) is 0.364. The van der Waals surface area contributed by atoms with Gasteiger partial charge in [0.2, 0.25) is 0 Å². The predicted octanol–water partition coefficient (Wildman–Crippen LogP) is 1.28. The smallest absolute Gasteiger partial charge is 0.176 e. The fourth-order valence-corrected chi connectivity index (χ4v) is 1.18. The molecule has 3 N–H and O–H groups in total. The van der Waals surface area contributed by atoms with Crippen LogP contribution in [0.1, 0.15) is 23.7 Å². The Kier molecular flexibility index (Phi) is 4.12. The van der Waals surface area contributed by atoms with Crippen LogP contribution < -0.4 is 5.32 Å². The first-order valence-electron chi connectivity index (χ1n) is 4.91. The number of phenolic OH excluding ortho intramolecular Hbond substituents is 2. The van der Waals surface area contributed by atoms with Crippen LogP contribution in [0.3, 0.4) is 0 Å². The van der Waals surface area contributed by atoms with E-state index in [1.807, 2.05) is 6.92 Å². The molecule has 15 heavy (non-hydrogen) atoms. The Hall–Kier alpha value is -1.55. The van der Waals surface area contributed by atoms with Gasteiger partial charge in [-0.1, -0.05) is 6.92 Å². The number of carbonyl (C=O) groups is 1.